The molecule has 6 heteroatoms. The highest BCUT2D eigenvalue weighted by molar-refractivity contribution is 6.30. The summed E-state index contributed by atoms with van der Waals surface area (Å²) in [7, 11) is 0. The van der Waals surface area contributed by atoms with Crippen LogP contribution in [0, 0.1) is 0 Å². The molecule has 3 rings (SSSR count). The highest BCUT2D eigenvalue weighted by atomic mass is 35.5. The van der Waals surface area contributed by atoms with Crippen molar-refractivity contribution in [2.24, 2.45) is 0 Å². The number of hydrogen-bond acceptors (Lipinski definition) is 3. The molecule has 1 saturated carbocycles. The van der Waals surface area contributed by atoms with Crippen LogP contribution < -0.4 is 5.32 Å². The summed E-state index contributed by atoms with van der Waals surface area (Å²) < 4.78 is 0. The van der Waals surface area contributed by atoms with Crippen molar-refractivity contribution in [1.29, 1.82) is 0 Å². The monoisotopic (exact) mass is 290 g/mol. The fraction of sp³-hybridized carbons (Fsp3) is 0.357. The molecule has 1 amide bonds. The molecule has 5 nitrogen and oxygen atoms in total. The van der Waals surface area contributed by atoms with Gasteiger partial charge in [0.05, 0.1) is 5.41 Å². The Labute approximate surface area is 121 Å². The minimum absolute atomic E-state index is 0.0827. The van der Waals surface area contributed by atoms with Gasteiger partial charge in [0.1, 0.15) is 12.2 Å². The number of carbonyl (C=O) groups excluding carboxylic acids is 1. The Kier molecular flexibility index (Phi) is 3.44. The molecule has 1 aromatic heterocycles. The standard InChI is InChI=1S/C14H15ClN4O/c15-11-3-1-10(2-4-11)14(6-7-14)13(20)16-8-5-12-17-9-18-19-12/h1-4,9H,5-8H2,(H,16,20)(H,17,18,19). The smallest absolute Gasteiger partial charge is 0.230 e. The van der Waals surface area contributed by atoms with Gasteiger partial charge in [-0.1, -0.05) is 23.7 Å². The molecule has 1 aliphatic rings. The van der Waals surface area contributed by atoms with Crippen LogP contribution in [-0.4, -0.2) is 27.6 Å². The molecule has 1 aromatic carbocycles. The van der Waals surface area contributed by atoms with Crippen molar-refractivity contribution in [2.75, 3.05) is 6.54 Å². The minimum atomic E-state index is -0.355. The van der Waals surface area contributed by atoms with Crippen LogP contribution in [-0.2, 0) is 16.6 Å². The summed E-state index contributed by atoms with van der Waals surface area (Å²) in [6, 6.07) is 7.54. The summed E-state index contributed by atoms with van der Waals surface area (Å²) in [5.41, 5.74) is 0.686. The van der Waals surface area contributed by atoms with Crippen molar-refractivity contribution >= 4 is 17.5 Å². The Morgan fingerprint density at radius 3 is 2.70 bits per heavy atom. The van der Waals surface area contributed by atoms with Crippen LogP contribution in [0.25, 0.3) is 0 Å². The molecular formula is C14H15ClN4O. The molecule has 2 aromatic rings. The van der Waals surface area contributed by atoms with Crippen LogP contribution >= 0.6 is 11.6 Å². The fourth-order valence-electron chi connectivity index (χ4n) is 2.36. The molecule has 0 spiro atoms. The van der Waals surface area contributed by atoms with Gasteiger partial charge in [-0.2, -0.15) is 5.10 Å². The third-order valence-electron chi connectivity index (χ3n) is 3.69. The number of hydrogen-bond donors (Lipinski definition) is 2. The quantitative estimate of drug-likeness (QED) is 0.883. The Bertz CT molecular complexity index is 590. The van der Waals surface area contributed by atoms with Crippen LogP contribution in [0.2, 0.25) is 5.02 Å². The number of halogens is 1. The van der Waals surface area contributed by atoms with Gasteiger partial charge in [-0.05, 0) is 30.5 Å². The average molecular weight is 291 g/mol. The predicted molar refractivity (Wildman–Crippen MR) is 75.5 cm³/mol. The SMILES string of the molecule is O=C(NCCc1ncn[nH]1)C1(c2ccc(Cl)cc2)CC1. The van der Waals surface area contributed by atoms with E-state index in [-0.39, 0.29) is 11.3 Å². The zero-order chi connectivity index (χ0) is 14.0. The number of nitrogens with zero attached hydrogens (tertiary/aromatic N) is 2. The molecular weight excluding hydrogens is 276 g/mol. The lowest BCUT2D eigenvalue weighted by molar-refractivity contribution is -0.123. The van der Waals surface area contributed by atoms with Gasteiger partial charge >= 0.3 is 0 Å². The van der Waals surface area contributed by atoms with E-state index in [0.29, 0.717) is 18.0 Å². The van der Waals surface area contributed by atoms with Gasteiger partial charge in [0, 0.05) is 18.0 Å². The van der Waals surface area contributed by atoms with Crippen LogP contribution in [0.15, 0.2) is 30.6 Å². The number of benzene rings is 1. The van der Waals surface area contributed by atoms with E-state index in [4.69, 9.17) is 11.6 Å². The molecule has 20 heavy (non-hydrogen) atoms. The number of amides is 1. The fourth-order valence-corrected chi connectivity index (χ4v) is 2.48. The van der Waals surface area contributed by atoms with E-state index in [1.54, 1.807) is 0 Å². The second-order valence-electron chi connectivity index (χ2n) is 5.03. The van der Waals surface area contributed by atoms with Crippen molar-refractivity contribution in [3.05, 3.63) is 47.0 Å². The highest BCUT2D eigenvalue weighted by Crippen LogP contribution is 2.48. The first kappa shape index (κ1) is 13.1. The van der Waals surface area contributed by atoms with Gasteiger partial charge in [-0.15, -0.1) is 0 Å². The Balaban J connectivity index is 1.60. The van der Waals surface area contributed by atoms with E-state index in [1.807, 2.05) is 24.3 Å². The highest BCUT2D eigenvalue weighted by Gasteiger charge is 2.50. The van der Waals surface area contributed by atoms with Gasteiger partial charge < -0.3 is 5.32 Å². The number of nitrogens with one attached hydrogen (secondary N) is 2. The van der Waals surface area contributed by atoms with Crippen molar-refractivity contribution in [2.45, 2.75) is 24.7 Å². The van der Waals surface area contributed by atoms with Crippen LogP contribution in [0.3, 0.4) is 0 Å². The Morgan fingerprint density at radius 1 is 1.35 bits per heavy atom. The molecule has 0 atom stereocenters. The Hall–Kier alpha value is -1.88. The van der Waals surface area contributed by atoms with Crippen molar-refractivity contribution in [1.82, 2.24) is 20.5 Å². The maximum atomic E-state index is 12.4. The van der Waals surface area contributed by atoms with E-state index in [1.165, 1.54) is 6.33 Å². The van der Waals surface area contributed by atoms with E-state index < -0.39 is 0 Å². The molecule has 104 valence electrons. The van der Waals surface area contributed by atoms with E-state index in [0.717, 1.165) is 24.2 Å². The van der Waals surface area contributed by atoms with Gasteiger partial charge in [0.2, 0.25) is 5.91 Å². The maximum Gasteiger partial charge on any atom is 0.230 e. The van der Waals surface area contributed by atoms with E-state index in [2.05, 4.69) is 20.5 Å². The molecule has 0 unspecified atom stereocenters. The van der Waals surface area contributed by atoms with E-state index in [9.17, 15) is 4.79 Å². The van der Waals surface area contributed by atoms with Crippen LogP contribution in [0.1, 0.15) is 24.2 Å². The summed E-state index contributed by atoms with van der Waals surface area (Å²) in [6.07, 6.45) is 3.90. The molecule has 1 aliphatic carbocycles. The lowest BCUT2D eigenvalue weighted by atomic mass is 9.95. The van der Waals surface area contributed by atoms with Gasteiger partial charge in [-0.25, -0.2) is 4.98 Å². The first-order valence-corrected chi connectivity index (χ1v) is 6.97. The van der Waals surface area contributed by atoms with Crippen molar-refractivity contribution in [3.63, 3.8) is 0 Å². The number of aromatic amines is 1. The second-order valence-corrected chi connectivity index (χ2v) is 5.46. The van der Waals surface area contributed by atoms with Crippen molar-refractivity contribution in [3.8, 4) is 0 Å². The average Bonchev–Trinajstić information content (AvgIpc) is 3.10. The Morgan fingerprint density at radius 2 is 2.10 bits per heavy atom. The van der Waals surface area contributed by atoms with E-state index >= 15 is 0 Å². The normalized spacial score (nSPS) is 15.8. The maximum absolute atomic E-state index is 12.4. The lowest BCUT2D eigenvalue weighted by Gasteiger charge is -2.15. The largest absolute Gasteiger partial charge is 0.355 e. The second kappa shape index (κ2) is 5.25. The molecule has 0 saturated heterocycles. The number of H-pyrrole nitrogens is 1. The third kappa shape index (κ3) is 2.54. The first-order chi connectivity index (χ1) is 9.71. The van der Waals surface area contributed by atoms with Crippen molar-refractivity contribution < 1.29 is 4.79 Å². The predicted octanol–water partition coefficient (Wildman–Crippen LogP) is 1.85. The summed E-state index contributed by atoms with van der Waals surface area (Å²) in [5.74, 6) is 0.862. The molecule has 2 N–H and O–H groups in total. The van der Waals surface area contributed by atoms with Gasteiger partial charge in [-0.3, -0.25) is 9.89 Å². The summed E-state index contributed by atoms with van der Waals surface area (Å²) in [5, 5.41) is 10.2. The van der Waals surface area contributed by atoms with Crippen LogP contribution in [0.5, 0.6) is 0 Å². The molecule has 1 fully saturated rings. The van der Waals surface area contributed by atoms with Crippen LogP contribution in [0.4, 0.5) is 0 Å². The first-order valence-electron chi connectivity index (χ1n) is 6.59. The molecule has 0 radical (unpaired) electrons. The summed E-state index contributed by atoms with van der Waals surface area (Å²) in [4.78, 5) is 16.4. The number of aromatic nitrogens is 3. The van der Waals surface area contributed by atoms with Gasteiger partial charge in [0.15, 0.2) is 0 Å². The lowest BCUT2D eigenvalue weighted by Crippen LogP contribution is -2.36. The zero-order valence-corrected chi connectivity index (χ0v) is 11.7. The number of rotatable bonds is 5. The molecule has 0 aliphatic heterocycles. The van der Waals surface area contributed by atoms with Gasteiger partial charge in [0.25, 0.3) is 0 Å². The minimum Gasteiger partial charge on any atom is -0.355 e. The summed E-state index contributed by atoms with van der Waals surface area (Å²) >= 11 is 5.89. The number of carbonyl (C=O) groups is 1. The molecule has 1 heterocycles. The topological polar surface area (TPSA) is 70.7 Å². The third-order valence-corrected chi connectivity index (χ3v) is 3.95. The molecule has 0 bridgehead atoms. The summed E-state index contributed by atoms with van der Waals surface area (Å²) in [6.45, 7) is 0.559. The zero-order valence-electron chi connectivity index (χ0n) is 10.9.